The first kappa shape index (κ1) is 14.2. The van der Waals surface area contributed by atoms with E-state index in [1.807, 2.05) is 13.8 Å². The lowest BCUT2D eigenvalue weighted by Crippen LogP contribution is -2.39. The van der Waals surface area contributed by atoms with Gasteiger partial charge in [-0.1, -0.05) is 0 Å². The maximum absolute atomic E-state index is 12.7. The predicted molar refractivity (Wildman–Crippen MR) is 66.7 cm³/mol. The molecular formula is C13H17FN2O2. The molecule has 0 saturated carbocycles. The van der Waals surface area contributed by atoms with Crippen molar-refractivity contribution >= 4 is 11.8 Å². The standard InChI is InChI=1S/C13H17FN2O2/c1-3-16(4-2)12(17)9-15-13(18)10-5-7-11(14)8-6-10/h5-8H,3-4,9H2,1-2H3,(H,15,18). The highest BCUT2D eigenvalue weighted by Crippen LogP contribution is 2.02. The van der Waals surface area contributed by atoms with Gasteiger partial charge in [0.25, 0.3) is 5.91 Å². The molecule has 0 fully saturated rings. The third kappa shape index (κ3) is 3.84. The monoisotopic (exact) mass is 252 g/mol. The van der Waals surface area contributed by atoms with E-state index in [0.717, 1.165) is 0 Å². The third-order valence-electron chi connectivity index (χ3n) is 2.62. The summed E-state index contributed by atoms with van der Waals surface area (Å²) in [7, 11) is 0. The summed E-state index contributed by atoms with van der Waals surface area (Å²) in [6.07, 6.45) is 0. The van der Waals surface area contributed by atoms with Crippen LogP contribution in [0.15, 0.2) is 24.3 Å². The molecule has 0 aliphatic rings. The number of carbonyl (C=O) groups is 2. The molecule has 0 radical (unpaired) electrons. The van der Waals surface area contributed by atoms with Gasteiger partial charge in [-0.05, 0) is 38.1 Å². The zero-order chi connectivity index (χ0) is 13.5. The predicted octanol–water partition coefficient (Wildman–Crippen LogP) is 1.42. The summed E-state index contributed by atoms with van der Waals surface area (Å²) < 4.78 is 12.7. The fraction of sp³-hybridized carbons (Fsp3) is 0.385. The SMILES string of the molecule is CCN(CC)C(=O)CNC(=O)c1ccc(F)cc1. The average Bonchev–Trinajstić information content (AvgIpc) is 2.38. The van der Waals surface area contributed by atoms with Gasteiger partial charge in [-0.3, -0.25) is 9.59 Å². The van der Waals surface area contributed by atoms with Crippen molar-refractivity contribution in [2.45, 2.75) is 13.8 Å². The fourth-order valence-corrected chi connectivity index (χ4v) is 1.55. The summed E-state index contributed by atoms with van der Waals surface area (Å²) in [5.41, 5.74) is 0.337. The molecule has 0 aliphatic carbocycles. The van der Waals surface area contributed by atoms with E-state index in [9.17, 15) is 14.0 Å². The van der Waals surface area contributed by atoms with Crippen molar-refractivity contribution < 1.29 is 14.0 Å². The van der Waals surface area contributed by atoms with Gasteiger partial charge >= 0.3 is 0 Å². The van der Waals surface area contributed by atoms with Crippen LogP contribution in [0.3, 0.4) is 0 Å². The Kier molecular flexibility index (Phi) is 5.30. The van der Waals surface area contributed by atoms with Crippen LogP contribution in [0.4, 0.5) is 4.39 Å². The number of halogens is 1. The van der Waals surface area contributed by atoms with Crippen molar-refractivity contribution in [2.75, 3.05) is 19.6 Å². The summed E-state index contributed by atoms with van der Waals surface area (Å²) in [6, 6.07) is 5.18. The number of nitrogens with zero attached hydrogens (tertiary/aromatic N) is 1. The number of hydrogen-bond donors (Lipinski definition) is 1. The molecule has 4 nitrogen and oxygen atoms in total. The van der Waals surface area contributed by atoms with Crippen molar-refractivity contribution in [3.05, 3.63) is 35.6 Å². The Balaban J connectivity index is 2.51. The van der Waals surface area contributed by atoms with Crippen LogP contribution in [0.2, 0.25) is 0 Å². The number of likely N-dealkylation sites (N-methyl/N-ethyl adjacent to an activating group) is 1. The first-order chi connectivity index (χ1) is 8.58. The van der Waals surface area contributed by atoms with Crippen molar-refractivity contribution in [2.24, 2.45) is 0 Å². The zero-order valence-electron chi connectivity index (χ0n) is 10.6. The van der Waals surface area contributed by atoms with E-state index in [0.29, 0.717) is 18.7 Å². The molecule has 0 heterocycles. The molecule has 1 rings (SSSR count). The maximum Gasteiger partial charge on any atom is 0.251 e. The smallest absolute Gasteiger partial charge is 0.251 e. The molecular weight excluding hydrogens is 235 g/mol. The van der Waals surface area contributed by atoms with Crippen molar-refractivity contribution in [1.82, 2.24) is 10.2 Å². The van der Waals surface area contributed by atoms with Crippen LogP contribution in [0.5, 0.6) is 0 Å². The molecule has 2 amide bonds. The molecule has 98 valence electrons. The second-order valence-corrected chi connectivity index (χ2v) is 3.76. The Morgan fingerprint density at radius 1 is 1.17 bits per heavy atom. The summed E-state index contributed by atoms with van der Waals surface area (Å²) in [5.74, 6) is -0.906. The van der Waals surface area contributed by atoms with Crippen molar-refractivity contribution in [3.8, 4) is 0 Å². The van der Waals surface area contributed by atoms with Crippen LogP contribution in [0.25, 0.3) is 0 Å². The molecule has 0 aliphatic heterocycles. The molecule has 1 N–H and O–H groups in total. The van der Waals surface area contributed by atoms with E-state index in [2.05, 4.69) is 5.32 Å². The van der Waals surface area contributed by atoms with E-state index in [1.165, 1.54) is 24.3 Å². The van der Waals surface area contributed by atoms with Crippen LogP contribution in [0.1, 0.15) is 24.2 Å². The topological polar surface area (TPSA) is 49.4 Å². The quantitative estimate of drug-likeness (QED) is 0.861. The number of amides is 2. The number of nitrogens with one attached hydrogen (secondary N) is 1. The Labute approximate surface area is 106 Å². The Hall–Kier alpha value is -1.91. The molecule has 0 bridgehead atoms. The second-order valence-electron chi connectivity index (χ2n) is 3.76. The molecule has 0 atom stereocenters. The summed E-state index contributed by atoms with van der Waals surface area (Å²) in [5, 5.41) is 2.51. The van der Waals surface area contributed by atoms with Gasteiger partial charge in [0, 0.05) is 18.7 Å². The zero-order valence-corrected chi connectivity index (χ0v) is 10.6. The lowest BCUT2D eigenvalue weighted by Gasteiger charge is -2.18. The summed E-state index contributed by atoms with van der Waals surface area (Å²) in [4.78, 5) is 24.9. The molecule has 1 aromatic rings. The van der Waals surface area contributed by atoms with Crippen LogP contribution < -0.4 is 5.32 Å². The van der Waals surface area contributed by atoms with Gasteiger partial charge in [0.1, 0.15) is 5.82 Å². The van der Waals surface area contributed by atoms with E-state index >= 15 is 0 Å². The highest BCUT2D eigenvalue weighted by Gasteiger charge is 2.11. The fourth-order valence-electron chi connectivity index (χ4n) is 1.55. The van der Waals surface area contributed by atoms with Crippen molar-refractivity contribution in [3.63, 3.8) is 0 Å². The van der Waals surface area contributed by atoms with E-state index in [-0.39, 0.29) is 18.4 Å². The first-order valence-electron chi connectivity index (χ1n) is 5.90. The van der Waals surface area contributed by atoms with E-state index in [4.69, 9.17) is 0 Å². The van der Waals surface area contributed by atoms with Gasteiger partial charge in [-0.2, -0.15) is 0 Å². The highest BCUT2D eigenvalue weighted by atomic mass is 19.1. The molecule has 0 aromatic heterocycles. The van der Waals surface area contributed by atoms with Gasteiger partial charge in [0.05, 0.1) is 6.54 Å². The minimum atomic E-state index is -0.397. The lowest BCUT2D eigenvalue weighted by atomic mass is 10.2. The van der Waals surface area contributed by atoms with Gasteiger partial charge in [-0.15, -0.1) is 0 Å². The van der Waals surface area contributed by atoms with Gasteiger partial charge < -0.3 is 10.2 Å². The summed E-state index contributed by atoms with van der Waals surface area (Å²) >= 11 is 0. The molecule has 18 heavy (non-hydrogen) atoms. The van der Waals surface area contributed by atoms with Gasteiger partial charge in [0.2, 0.25) is 5.91 Å². The average molecular weight is 252 g/mol. The highest BCUT2D eigenvalue weighted by molar-refractivity contribution is 5.96. The Bertz CT molecular complexity index is 414. The Morgan fingerprint density at radius 3 is 2.22 bits per heavy atom. The summed E-state index contributed by atoms with van der Waals surface area (Å²) in [6.45, 7) is 4.94. The molecule has 0 unspecified atom stereocenters. The number of carbonyl (C=O) groups excluding carboxylic acids is 2. The minimum Gasteiger partial charge on any atom is -0.343 e. The molecule has 5 heteroatoms. The van der Waals surface area contributed by atoms with Crippen molar-refractivity contribution in [1.29, 1.82) is 0 Å². The molecule has 0 spiro atoms. The van der Waals surface area contributed by atoms with Crippen LogP contribution in [-0.2, 0) is 4.79 Å². The third-order valence-corrected chi connectivity index (χ3v) is 2.62. The largest absolute Gasteiger partial charge is 0.343 e. The molecule has 0 saturated heterocycles. The second kappa shape index (κ2) is 6.74. The Morgan fingerprint density at radius 2 is 1.72 bits per heavy atom. The van der Waals surface area contributed by atoms with Crippen LogP contribution >= 0.6 is 0 Å². The van der Waals surface area contributed by atoms with Gasteiger partial charge in [-0.25, -0.2) is 4.39 Å². The minimum absolute atomic E-state index is 0.0438. The van der Waals surface area contributed by atoms with Gasteiger partial charge in [0.15, 0.2) is 0 Å². The number of hydrogen-bond acceptors (Lipinski definition) is 2. The normalized spacial score (nSPS) is 9.94. The van der Waals surface area contributed by atoms with Crippen LogP contribution in [-0.4, -0.2) is 36.3 Å². The number of rotatable bonds is 5. The van der Waals surface area contributed by atoms with E-state index < -0.39 is 5.82 Å². The van der Waals surface area contributed by atoms with E-state index in [1.54, 1.807) is 4.90 Å². The number of benzene rings is 1. The lowest BCUT2D eigenvalue weighted by molar-refractivity contribution is -0.129. The first-order valence-corrected chi connectivity index (χ1v) is 5.90. The molecule has 1 aromatic carbocycles. The maximum atomic E-state index is 12.7. The van der Waals surface area contributed by atoms with Crippen LogP contribution in [0, 0.1) is 5.82 Å².